The molecule has 0 fully saturated rings. The van der Waals surface area contributed by atoms with E-state index in [1.54, 1.807) is 12.1 Å². The maximum absolute atomic E-state index is 11.0. The first kappa shape index (κ1) is 13.5. The Kier molecular flexibility index (Phi) is 4.52. The Morgan fingerprint density at radius 1 is 1.47 bits per heavy atom. The molecule has 0 radical (unpaired) electrons. The van der Waals surface area contributed by atoms with E-state index in [1.807, 2.05) is 13.0 Å². The molecule has 1 aromatic carbocycles. The Hall–Kier alpha value is -1.88. The number of ether oxygens (including phenoxy) is 1. The third-order valence-electron chi connectivity index (χ3n) is 3.17. The second kappa shape index (κ2) is 6.33. The highest BCUT2D eigenvalue weighted by atomic mass is 16.6. The summed E-state index contributed by atoms with van der Waals surface area (Å²) < 4.78 is 5.24. The van der Waals surface area contributed by atoms with Gasteiger partial charge in [0.2, 0.25) is 0 Å². The van der Waals surface area contributed by atoms with E-state index in [4.69, 9.17) is 4.74 Å². The van der Waals surface area contributed by atoms with Gasteiger partial charge in [-0.05, 0) is 31.4 Å². The van der Waals surface area contributed by atoms with Crippen molar-refractivity contribution in [3.8, 4) is 0 Å². The summed E-state index contributed by atoms with van der Waals surface area (Å²) in [6.07, 6.45) is 3.95. The number of hydrogen-bond donors (Lipinski definition) is 1. The van der Waals surface area contributed by atoms with Crippen molar-refractivity contribution in [2.24, 2.45) is 0 Å². The topological polar surface area (TPSA) is 64.4 Å². The van der Waals surface area contributed by atoms with E-state index < -0.39 is 0 Å². The molecular weight excluding hydrogens is 244 g/mol. The van der Waals surface area contributed by atoms with Crippen LogP contribution in [0, 0.1) is 17.0 Å². The van der Waals surface area contributed by atoms with Crippen molar-refractivity contribution < 1.29 is 9.66 Å². The standard InChI is InChI=1S/C14H18N2O3/c1-11-2-3-13(14(10-11)16(17)18)15-7-4-12-5-8-19-9-6-12/h2-3,5,10,15H,4,6-9H2,1H3. The lowest BCUT2D eigenvalue weighted by Gasteiger charge is -2.14. The van der Waals surface area contributed by atoms with E-state index in [1.165, 1.54) is 5.57 Å². The number of rotatable bonds is 5. The van der Waals surface area contributed by atoms with Gasteiger partial charge in [0.1, 0.15) is 5.69 Å². The quantitative estimate of drug-likeness (QED) is 0.503. The highest BCUT2D eigenvalue weighted by Gasteiger charge is 2.13. The van der Waals surface area contributed by atoms with Gasteiger partial charge in [-0.1, -0.05) is 17.7 Å². The van der Waals surface area contributed by atoms with Crippen LogP contribution in [0.1, 0.15) is 18.4 Å². The van der Waals surface area contributed by atoms with Crippen molar-refractivity contribution >= 4 is 11.4 Å². The third-order valence-corrected chi connectivity index (χ3v) is 3.17. The van der Waals surface area contributed by atoms with E-state index in [0.717, 1.165) is 25.0 Å². The predicted molar refractivity (Wildman–Crippen MR) is 74.5 cm³/mol. The summed E-state index contributed by atoms with van der Waals surface area (Å²) in [7, 11) is 0. The van der Waals surface area contributed by atoms with Gasteiger partial charge in [-0.25, -0.2) is 0 Å². The molecule has 0 amide bonds. The first-order valence-corrected chi connectivity index (χ1v) is 6.41. The highest BCUT2D eigenvalue weighted by Crippen LogP contribution is 2.25. The molecule has 0 bridgehead atoms. The lowest BCUT2D eigenvalue weighted by molar-refractivity contribution is -0.384. The van der Waals surface area contributed by atoms with Crippen molar-refractivity contribution in [1.29, 1.82) is 0 Å². The molecule has 19 heavy (non-hydrogen) atoms. The maximum atomic E-state index is 11.0. The summed E-state index contributed by atoms with van der Waals surface area (Å²) in [4.78, 5) is 10.6. The lowest BCUT2D eigenvalue weighted by Crippen LogP contribution is -2.09. The van der Waals surface area contributed by atoms with Crippen molar-refractivity contribution in [3.63, 3.8) is 0 Å². The number of anilines is 1. The molecule has 1 aliphatic rings. The first-order valence-electron chi connectivity index (χ1n) is 6.41. The average molecular weight is 262 g/mol. The summed E-state index contributed by atoms with van der Waals surface area (Å²) in [6.45, 7) is 4.01. The van der Waals surface area contributed by atoms with Crippen LogP contribution in [0.2, 0.25) is 0 Å². The average Bonchev–Trinajstić information content (AvgIpc) is 2.41. The Morgan fingerprint density at radius 3 is 3.00 bits per heavy atom. The van der Waals surface area contributed by atoms with Gasteiger partial charge in [0.25, 0.3) is 5.69 Å². The van der Waals surface area contributed by atoms with E-state index in [-0.39, 0.29) is 10.6 Å². The molecule has 102 valence electrons. The van der Waals surface area contributed by atoms with E-state index in [9.17, 15) is 10.1 Å². The monoisotopic (exact) mass is 262 g/mol. The number of nitro benzene ring substituents is 1. The van der Waals surface area contributed by atoms with Gasteiger partial charge in [0, 0.05) is 12.6 Å². The molecule has 2 rings (SSSR count). The van der Waals surface area contributed by atoms with Gasteiger partial charge in [-0.3, -0.25) is 10.1 Å². The molecule has 0 saturated carbocycles. The Balaban J connectivity index is 1.95. The molecule has 5 heteroatoms. The smallest absolute Gasteiger partial charge is 0.292 e. The van der Waals surface area contributed by atoms with Crippen LogP contribution in [-0.2, 0) is 4.74 Å². The summed E-state index contributed by atoms with van der Waals surface area (Å²) >= 11 is 0. The zero-order valence-electron chi connectivity index (χ0n) is 11.0. The zero-order valence-corrected chi connectivity index (χ0v) is 11.0. The van der Waals surface area contributed by atoms with Gasteiger partial charge >= 0.3 is 0 Å². The fourth-order valence-corrected chi connectivity index (χ4v) is 2.09. The fourth-order valence-electron chi connectivity index (χ4n) is 2.09. The Bertz CT molecular complexity index is 497. The van der Waals surface area contributed by atoms with Gasteiger partial charge < -0.3 is 10.1 Å². The number of nitrogens with zero attached hydrogens (tertiary/aromatic N) is 1. The highest BCUT2D eigenvalue weighted by molar-refractivity contribution is 5.62. The second-order valence-corrected chi connectivity index (χ2v) is 4.64. The molecule has 0 spiro atoms. The molecule has 1 aliphatic heterocycles. The Morgan fingerprint density at radius 2 is 2.32 bits per heavy atom. The molecule has 0 aromatic heterocycles. The van der Waals surface area contributed by atoms with Gasteiger partial charge in [0.05, 0.1) is 18.1 Å². The number of hydrogen-bond acceptors (Lipinski definition) is 4. The number of aryl methyl sites for hydroxylation is 1. The van der Waals surface area contributed by atoms with Crippen LogP contribution in [0.25, 0.3) is 0 Å². The van der Waals surface area contributed by atoms with Crippen molar-refractivity contribution in [2.75, 3.05) is 25.1 Å². The minimum atomic E-state index is -0.344. The molecule has 1 N–H and O–H groups in total. The summed E-state index contributed by atoms with van der Waals surface area (Å²) in [5.41, 5.74) is 2.97. The third kappa shape index (κ3) is 3.79. The molecule has 0 saturated heterocycles. The van der Waals surface area contributed by atoms with Gasteiger partial charge in [-0.2, -0.15) is 0 Å². The summed E-state index contributed by atoms with van der Waals surface area (Å²) in [5, 5.41) is 14.1. The number of benzene rings is 1. The molecule has 0 unspecified atom stereocenters. The van der Waals surface area contributed by atoms with Gasteiger partial charge in [0.15, 0.2) is 0 Å². The molecule has 1 aromatic rings. The minimum Gasteiger partial charge on any atom is -0.379 e. The SMILES string of the molecule is Cc1ccc(NCCC2=CCOCC2)c([N+](=O)[O-])c1. The largest absolute Gasteiger partial charge is 0.379 e. The van der Waals surface area contributed by atoms with Crippen LogP contribution in [-0.4, -0.2) is 24.7 Å². The van der Waals surface area contributed by atoms with Crippen molar-refractivity contribution in [1.82, 2.24) is 0 Å². The van der Waals surface area contributed by atoms with Crippen LogP contribution >= 0.6 is 0 Å². The van der Waals surface area contributed by atoms with E-state index in [2.05, 4.69) is 11.4 Å². The van der Waals surface area contributed by atoms with E-state index >= 15 is 0 Å². The zero-order chi connectivity index (χ0) is 13.7. The summed E-state index contributed by atoms with van der Waals surface area (Å²) in [6, 6.07) is 5.24. The van der Waals surface area contributed by atoms with Crippen LogP contribution in [0.5, 0.6) is 0 Å². The molecular formula is C14H18N2O3. The fraction of sp³-hybridized carbons (Fsp3) is 0.429. The van der Waals surface area contributed by atoms with E-state index in [0.29, 0.717) is 18.8 Å². The Labute approximate surface area is 112 Å². The minimum absolute atomic E-state index is 0.140. The van der Waals surface area contributed by atoms with Crippen LogP contribution in [0.4, 0.5) is 11.4 Å². The van der Waals surface area contributed by atoms with Gasteiger partial charge in [-0.15, -0.1) is 0 Å². The molecule has 0 aliphatic carbocycles. The second-order valence-electron chi connectivity index (χ2n) is 4.64. The van der Waals surface area contributed by atoms with Crippen LogP contribution in [0.3, 0.4) is 0 Å². The van der Waals surface area contributed by atoms with Crippen molar-refractivity contribution in [3.05, 3.63) is 45.5 Å². The first-order chi connectivity index (χ1) is 9.16. The molecule has 5 nitrogen and oxygen atoms in total. The maximum Gasteiger partial charge on any atom is 0.292 e. The molecule has 0 atom stereocenters. The number of nitrogens with one attached hydrogen (secondary N) is 1. The van der Waals surface area contributed by atoms with Crippen LogP contribution < -0.4 is 5.32 Å². The lowest BCUT2D eigenvalue weighted by atomic mass is 10.1. The van der Waals surface area contributed by atoms with Crippen molar-refractivity contribution in [2.45, 2.75) is 19.8 Å². The molecule has 1 heterocycles. The summed E-state index contributed by atoms with van der Waals surface area (Å²) in [5.74, 6) is 0. The predicted octanol–water partition coefficient (Wildman–Crippen LogP) is 3.05. The van der Waals surface area contributed by atoms with Crippen LogP contribution in [0.15, 0.2) is 29.8 Å². The normalized spacial score (nSPS) is 14.9. The number of nitro groups is 1.